The maximum Gasteiger partial charge on any atom is 0.306 e. The van der Waals surface area contributed by atoms with Gasteiger partial charge < -0.3 is 28.5 Å². The van der Waals surface area contributed by atoms with Crippen molar-refractivity contribution in [3.05, 3.63) is 48.6 Å². The van der Waals surface area contributed by atoms with Crippen LogP contribution < -0.4 is 10.2 Å². The molecule has 0 aromatic heterocycles. The molecule has 0 saturated carbocycles. The number of carbonyl (C=O) groups excluding carboxylic acids is 2. The van der Waals surface area contributed by atoms with Gasteiger partial charge in [0.1, 0.15) is 19.3 Å². The van der Waals surface area contributed by atoms with Crippen LogP contribution >= 0.6 is 7.82 Å². The Balaban J connectivity index is 5.44. The van der Waals surface area contributed by atoms with Gasteiger partial charge in [-0.2, -0.15) is 0 Å². The van der Waals surface area contributed by atoms with Gasteiger partial charge in [0.15, 0.2) is 0 Å². The second kappa shape index (κ2) is 44.8. The highest BCUT2D eigenvalue weighted by Gasteiger charge is 2.27. The molecule has 3 atom stereocenters. The van der Waals surface area contributed by atoms with E-state index in [0.717, 1.165) is 103 Å². The van der Waals surface area contributed by atoms with Gasteiger partial charge in [0.2, 0.25) is 5.91 Å². The lowest BCUT2D eigenvalue weighted by Crippen LogP contribution is -2.47. The van der Waals surface area contributed by atoms with Crippen LogP contribution in [0.3, 0.4) is 0 Å². The normalized spacial score (nSPS) is 14.3. The topological polar surface area (TPSA) is 114 Å². The monoisotopic (exact) mass is 921 g/mol. The Labute approximate surface area is 395 Å². The lowest BCUT2D eigenvalue weighted by Gasteiger charge is -2.30. The fraction of sp³-hybridized carbons (Fsp3) is 0.815. The van der Waals surface area contributed by atoms with Crippen LogP contribution in [0.1, 0.15) is 233 Å². The molecule has 0 rings (SSSR count). The number of amides is 1. The third-order valence-corrected chi connectivity index (χ3v) is 12.5. The molecule has 0 saturated heterocycles. The molecule has 0 fully saturated rings. The average molecular weight is 921 g/mol. The second-order valence-corrected chi connectivity index (χ2v) is 20.5. The highest BCUT2D eigenvalue weighted by Crippen LogP contribution is 2.38. The van der Waals surface area contributed by atoms with Crippen molar-refractivity contribution in [3.63, 3.8) is 0 Å². The quantitative estimate of drug-likeness (QED) is 0.0161. The predicted molar refractivity (Wildman–Crippen MR) is 270 cm³/mol. The van der Waals surface area contributed by atoms with Crippen LogP contribution in [0.5, 0.6) is 0 Å². The summed E-state index contributed by atoms with van der Waals surface area (Å²) in [4.78, 5) is 39.6. The SMILES string of the molecule is CCCC/C=C\CCCCCCCC(=O)NC(COP(=O)([O-])OCC[N+](C)(C)C)C(/C=C/CCCCCCCCCCCC)OC(=O)CCCCCCCC/C=C/C=C/CCCCC. The molecule has 3 unspecified atom stereocenters. The number of allylic oxidation sites excluding steroid dienone is 7. The number of rotatable bonds is 47. The molecule has 0 aliphatic heterocycles. The first-order valence-corrected chi connectivity index (χ1v) is 27.9. The molecule has 374 valence electrons. The van der Waals surface area contributed by atoms with Gasteiger partial charge in [-0.15, -0.1) is 0 Å². The van der Waals surface area contributed by atoms with Crippen LogP contribution in [-0.2, 0) is 27.9 Å². The zero-order chi connectivity index (χ0) is 47.3. The number of ether oxygens (including phenoxy) is 1. The Kier molecular flexibility index (Phi) is 43.4. The average Bonchev–Trinajstić information content (AvgIpc) is 3.25. The standard InChI is InChI=1S/C54H101N2O7P/c1-7-10-13-16-19-22-25-27-28-29-32-35-38-41-44-47-54(58)63-52(45-42-39-36-33-31-26-23-20-17-14-11-8-2)51(50-62-64(59,60)61-49-48-56(4,5)6)55-53(57)46-43-40-37-34-30-24-21-18-15-12-9-3/h18-19,21-22,25,27,42,45,51-52H,7-17,20,23-24,26,28-41,43-44,46-50H2,1-6H3,(H-,55,57,59,60)/b21-18-,22-19+,27-25+,45-42+. The maximum absolute atomic E-state index is 13.4. The van der Waals surface area contributed by atoms with Crippen molar-refractivity contribution in [1.82, 2.24) is 5.32 Å². The van der Waals surface area contributed by atoms with Crippen LogP contribution in [0.25, 0.3) is 0 Å². The Bertz CT molecular complexity index is 1240. The molecule has 0 radical (unpaired) electrons. The molecule has 0 heterocycles. The highest BCUT2D eigenvalue weighted by molar-refractivity contribution is 7.45. The molecule has 0 aromatic carbocycles. The van der Waals surface area contributed by atoms with Gasteiger partial charge in [0.05, 0.1) is 33.8 Å². The smallest absolute Gasteiger partial charge is 0.306 e. The van der Waals surface area contributed by atoms with E-state index in [2.05, 4.69) is 62.5 Å². The second-order valence-electron chi connectivity index (χ2n) is 19.0. The van der Waals surface area contributed by atoms with E-state index in [4.69, 9.17) is 13.8 Å². The molecular weight excluding hydrogens is 820 g/mol. The number of esters is 1. The van der Waals surface area contributed by atoms with E-state index in [1.54, 1.807) is 0 Å². The summed E-state index contributed by atoms with van der Waals surface area (Å²) >= 11 is 0. The largest absolute Gasteiger partial charge is 0.756 e. The Hall–Kier alpha value is -2.03. The van der Waals surface area contributed by atoms with E-state index in [1.807, 2.05) is 33.3 Å². The molecule has 0 aromatic rings. The number of phosphoric ester groups is 1. The number of likely N-dealkylation sites (N-methyl/N-ethyl adjacent to an activating group) is 1. The summed E-state index contributed by atoms with van der Waals surface area (Å²) in [5.74, 6) is -0.567. The molecule has 0 aliphatic carbocycles. The van der Waals surface area contributed by atoms with E-state index in [1.165, 1.54) is 96.3 Å². The summed E-state index contributed by atoms with van der Waals surface area (Å²) in [7, 11) is 1.17. The summed E-state index contributed by atoms with van der Waals surface area (Å²) < 4.78 is 30.1. The molecule has 10 heteroatoms. The maximum atomic E-state index is 13.4. The predicted octanol–water partition coefficient (Wildman–Crippen LogP) is 14.7. The number of hydrogen-bond acceptors (Lipinski definition) is 7. The first kappa shape index (κ1) is 62.0. The summed E-state index contributed by atoms with van der Waals surface area (Å²) in [6.45, 7) is 6.74. The minimum absolute atomic E-state index is 0.0263. The van der Waals surface area contributed by atoms with Crippen molar-refractivity contribution in [3.8, 4) is 0 Å². The summed E-state index contributed by atoms with van der Waals surface area (Å²) in [5.41, 5.74) is 0. The van der Waals surface area contributed by atoms with Crippen LogP contribution in [0.4, 0.5) is 0 Å². The molecular formula is C54H101N2O7P. The van der Waals surface area contributed by atoms with Gasteiger partial charge in [0, 0.05) is 12.8 Å². The molecule has 9 nitrogen and oxygen atoms in total. The zero-order valence-electron chi connectivity index (χ0n) is 42.5. The molecule has 0 bridgehead atoms. The summed E-state index contributed by atoms with van der Waals surface area (Å²) in [6.07, 6.45) is 52.1. The van der Waals surface area contributed by atoms with E-state index >= 15 is 0 Å². The highest BCUT2D eigenvalue weighted by atomic mass is 31.2. The summed E-state index contributed by atoms with van der Waals surface area (Å²) in [5, 5.41) is 3.00. The number of hydrogen-bond donors (Lipinski definition) is 1. The van der Waals surface area contributed by atoms with Gasteiger partial charge in [0.25, 0.3) is 7.82 Å². The number of nitrogens with one attached hydrogen (secondary N) is 1. The first-order valence-electron chi connectivity index (χ1n) is 26.5. The zero-order valence-corrected chi connectivity index (χ0v) is 43.4. The van der Waals surface area contributed by atoms with Crippen LogP contribution in [0, 0.1) is 0 Å². The third-order valence-electron chi connectivity index (χ3n) is 11.5. The van der Waals surface area contributed by atoms with Crippen molar-refractivity contribution in [2.24, 2.45) is 0 Å². The minimum Gasteiger partial charge on any atom is -0.756 e. The van der Waals surface area contributed by atoms with Crippen LogP contribution in [0.15, 0.2) is 48.6 Å². The molecule has 0 aliphatic rings. The fourth-order valence-electron chi connectivity index (χ4n) is 7.32. The third kappa shape index (κ3) is 45.1. The Morgan fingerprint density at radius 3 is 1.50 bits per heavy atom. The van der Waals surface area contributed by atoms with Gasteiger partial charge >= 0.3 is 5.97 Å². The van der Waals surface area contributed by atoms with Crippen molar-refractivity contribution in [2.45, 2.75) is 245 Å². The van der Waals surface area contributed by atoms with Gasteiger partial charge in [-0.25, -0.2) is 0 Å². The van der Waals surface area contributed by atoms with Crippen molar-refractivity contribution in [2.75, 3.05) is 40.9 Å². The molecule has 1 amide bonds. The number of unbranched alkanes of at least 4 members (excludes halogenated alkanes) is 26. The minimum atomic E-state index is -4.69. The first-order chi connectivity index (χ1) is 30.9. The lowest BCUT2D eigenvalue weighted by atomic mass is 10.0. The van der Waals surface area contributed by atoms with E-state index < -0.39 is 26.6 Å². The van der Waals surface area contributed by atoms with E-state index in [9.17, 15) is 19.0 Å². The fourth-order valence-corrected chi connectivity index (χ4v) is 8.04. The van der Waals surface area contributed by atoms with Gasteiger partial charge in [-0.05, 0) is 76.7 Å². The van der Waals surface area contributed by atoms with E-state index in [-0.39, 0.29) is 24.9 Å². The Morgan fingerprint density at radius 2 is 0.969 bits per heavy atom. The number of phosphoric acid groups is 1. The van der Waals surface area contributed by atoms with Crippen molar-refractivity contribution in [1.29, 1.82) is 0 Å². The number of nitrogens with zero attached hydrogens (tertiary/aromatic N) is 1. The van der Waals surface area contributed by atoms with E-state index in [0.29, 0.717) is 17.4 Å². The molecule has 0 spiro atoms. The summed E-state index contributed by atoms with van der Waals surface area (Å²) in [6, 6.07) is -0.894. The molecule has 64 heavy (non-hydrogen) atoms. The van der Waals surface area contributed by atoms with Gasteiger partial charge in [-0.3, -0.25) is 14.2 Å². The van der Waals surface area contributed by atoms with Crippen molar-refractivity contribution < 1.29 is 37.3 Å². The van der Waals surface area contributed by atoms with Gasteiger partial charge in [-0.1, -0.05) is 192 Å². The lowest BCUT2D eigenvalue weighted by molar-refractivity contribution is -0.870. The number of quaternary nitrogens is 1. The van der Waals surface area contributed by atoms with Crippen molar-refractivity contribution >= 4 is 19.7 Å². The number of carbonyl (C=O) groups is 2. The van der Waals surface area contributed by atoms with Crippen LogP contribution in [-0.4, -0.2) is 69.4 Å². The van der Waals surface area contributed by atoms with Crippen LogP contribution in [0.2, 0.25) is 0 Å². The molecule has 1 N–H and O–H groups in total. The Morgan fingerprint density at radius 1 is 0.547 bits per heavy atom.